The predicted molar refractivity (Wildman–Crippen MR) is 94.5 cm³/mol. The normalized spacial score (nSPS) is 17.8. The molecule has 24 heavy (non-hydrogen) atoms. The molecule has 1 aliphatic heterocycles. The van der Waals surface area contributed by atoms with E-state index in [4.69, 9.17) is 11.6 Å². The van der Waals surface area contributed by atoms with E-state index in [2.05, 4.69) is 22.3 Å². The molecule has 0 saturated carbocycles. The molecule has 0 aromatic heterocycles. The van der Waals surface area contributed by atoms with E-state index in [1.54, 1.807) is 0 Å². The second-order valence-electron chi connectivity index (χ2n) is 6.26. The highest BCUT2D eigenvalue weighted by atomic mass is 35.5. The Morgan fingerprint density at radius 3 is 2.79 bits per heavy atom. The lowest BCUT2D eigenvalue weighted by molar-refractivity contribution is -0.117. The van der Waals surface area contributed by atoms with Gasteiger partial charge in [0, 0.05) is 25.2 Å². The summed E-state index contributed by atoms with van der Waals surface area (Å²) in [5, 5.41) is 2.81. The molecule has 0 radical (unpaired) electrons. The molecule has 5 heteroatoms. The number of likely N-dealkylation sites (tertiary alicyclic amines) is 1. The summed E-state index contributed by atoms with van der Waals surface area (Å²) in [5.74, 6) is -0.184. The number of rotatable bonds is 5. The standard InChI is InChI=1S/C19H20ClFN2O/c20-17-11-16(6-7-18(17)21)22-19(24)10-15-8-9-23(13-15)12-14-4-2-1-3-5-14/h1-7,11,15H,8-10,12-13H2,(H,22,24). The van der Waals surface area contributed by atoms with Gasteiger partial charge in [0.15, 0.2) is 0 Å². The van der Waals surface area contributed by atoms with Gasteiger partial charge in [-0.25, -0.2) is 4.39 Å². The fraction of sp³-hybridized carbons (Fsp3) is 0.316. The Morgan fingerprint density at radius 2 is 2.04 bits per heavy atom. The number of hydrogen-bond donors (Lipinski definition) is 1. The maximum atomic E-state index is 13.1. The predicted octanol–water partition coefficient (Wildman–Crippen LogP) is 4.33. The van der Waals surface area contributed by atoms with Crippen molar-refractivity contribution in [3.05, 3.63) is 64.9 Å². The fourth-order valence-electron chi connectivity index (χ4n) is 3.11. The molecule has 0 spiro atoms. The molecular formula is C19H20ClFN2O. The van der Waals surface area contributed by atoms with Crippen LogP contribution in [-0.4, -0.2) is 23.9 Å². The van der Waals surface area contributed by atoms with Gasteiger partial charge in [-0.1, -0.05) is 41.9 Å². The SMILES string of the molecule is O=C(CC1CCN(Cc2ccccc2)C1)Nc1ccc(F)c(Cl)c1. The first kappa shape index (κ1) is 16.9. The zero-order chi connectivity index (χ0) is 16.9. The minimum absolute atomic E-state index is 0.0164. The minimum atomic E-state index is -0.484. The summed E-state index contributed by atoms with van der Waals surface area (Å²) in [4.78, 5) is 14.5. The van der Waals surface area contributed by atoms with Crippen molar-refractivity contribution in [1.29, 1.82) is 0 Å². The Morgan fingerprint density at radius 1 is 1.25 bits per heavy atom. The van der Waals surface area contributed by atoms with Crippen molar-refractivity contribution in [3.8, 4) is 0 Å². The van der Waals surface area contributed by atoms with E-state index >= 15 is 0 Å². The van der Waals surface area contributed by atoms with Crippen molar-refractivity contribution in [1.82, 2.24) is 4.90 Å². The number of halogens is 2. The third-order valence-electron chi connectivity index (χ3n) is 4.30. The lowest BCUT2D eigenvalue weighted by Crippen LogP contribution is -2.22. The summed E-state index contributed by atoms with van der Waals surface area (Å²) in [6.07, 6.45) is 1.49. The molecule has 0 bridgehead atoms. The molecule has 1 saturated heterocycles. The number of nitrogens with zero attached hydrogens (tertiary/aromatic N) is 1. The van der Waals surface area contributed by atoms with Crippen LogP contribution in [-0.2, 0) is 11.3 Å². The second kappa shape index (κ2) is 7.77. The van der Waals surface area contributed by atoms with Crippen molar-refractivity contribution in [2.24, 2.45) is 5.92 Å². The molecule has 126 valence electrons. The lowest BCUT2D eigenvalue weighted by Gasteiger charge is -2.16. The maximum Gasteiger partial charge on any atom is 0.224 e. The van der Waals surface area contributed by atoms with Gasteiger partial charge in [0.25, 0.3) is 0 Å². The average molecular weight is 347 g/mol. The molecule has 1 amide bonds. The van der Waals surface area contributed by atoms with Crippen LogP contribution in [0.4, 0.5) is 10.1 Å². The summed E-state index contributed by atoms with van der Waals surface area (Å²) in [6, 6.07) is 14.6. The van der Waals surface area contributed by atoms with Gasteiger partial charge in [0.05, 0.1) is 5.02 Å². The molecule has 1 unspecified atom stereocenters. The van der Waals surface area contributed by atoms with Crippen molar-refractivity contribution in [2.45, 2.75) is 19.4 Å². The van der Waals surface area contributed by atoms with Gasteiger partial charge in [-0.3, -0.25) is 9.69 Å². The molecule has 0 aliphatic carbocycles. The van der Waals surface area contributed by atoms with E-state index in [9.17, 15) is 9.18 Å². The van der Waals surface area contributed by atoms with Crippen molar-refractivity contribution < 1.29 is 9.18 Å². The van der Waals surface area contributed by atoms with Crippen LogP contribution in [0.3, 0.4) is 0 Å². The van der Waals surface area contributed by atoms with Crippen LogP contribution >= 0.6 is 11.6 Å². The van der Waals surface area contributed by atoms with Crippen LogP contribution in [0.15, 0.2) is 48.5 Å². The van der Waals surface area contributed by atoms with Gasteiger partial charge in [0.2, 0.25) is 5.91 Å². The molecule has 3 rings (SSSR count). The first-order valence-electron chi connectivity index (χ1n) is 8.11. The van der Waals surface area contributed by atoms with Crippen LogP contribution in [0, 0.1) is 11.7 Å². The number of anilines is 1. The van der Waals surface area contributed by atoms with Crippen LogP contribution < -0.4 is 5.32 Å². The Hall–Kier alpha value is -1.91. The Bertz CT molecular complexity index is 708. The fourth-order valence-corrected chi connectivity index (χ4v) is 3.29. The van der Waals surface area contributed by atoms with Crippen molar-refractivity contribution in [2.75, 3.05) is 18.4 Å². The summed E-state index contributed by atoms with van der Waals surface area (Å²) < 4.78 is 13.1. The second-order valence-corrected chi connectivity index (χ2v) is 6.66. The molecule has 1 N–H and O–H groups in total. The third-order valence-corrected chi connectivity index (χ3v) is 4.59. The topological polar surface area (TPSA) is 32.3 Å². The summed E-state index contributed by atoms with van der Waals surface area (Å²) in [6.45, 7) is 2.86. The first-order valence-corrected chi connectivity index (χ1v) is 8.49. The van der Waals surface area contributed by atoms with Crippen LogP contribution in [0.5, 0.6) is 0 Å². The van der Waals surface area contributed by atoms with Crippen LogP contribution in [0.1, 0.15) is 18.4 Å². The van der Waals surface area contributed by atoms with Gasteiger partial charge in [0.1, 0.15) is 5.82 Å². The largest absolute Gasteiger partial charge is 0.326 e. The molecule has 2 aromatic rings. The number of amides is 1. The Labute approximate surface area is 146 Å². The molecule has 1 heterocycles. The summed E-state index contributed by atoms with van der Waals surface area (Å²) in [7, 11) is 0. The lowest BCUT2D eigenvalue weighted by atomic mass is 10.0. The zero-order valence-electron chi connectivity index (χ0n) is 13.3. The number of nitrogens with one attached hydrogen (secondary N) is 1. The van der Waals surface area contributed by atoms with E-state index < -0.39 is 5.82 Å². The molecule has 2 aromatic carbocycles. The number of carbonyl (C=O) groups excluding carboxylic acids is 1. The minimum Gasteiger partial charge on any atom is -0.326 e. The summed E-state index contributed by atoms with van der Waals surface area (Å²) >= 11 is 5.73. The highest BCUT2D eigenvalue weighted by Gasteiger charge is 2.24. The Balaban J connectivity index is 1.48. The number of carbonyl (C=O) groups is 1. The highest BCUT2D eigenvalue weighted by Crippen LogP contribution is 2.23. The quantitative estimate of drug-likeness (QED) is 0.874. The van der Waals surface area contributed by atoms with Gasteiger partial charge in [-0.15, -0.1) is 0 Å². The summed E-state index contributed by atoms with van der Waals surface area (Å²) in [5.41, 5.74) is 1.83. The third kappa shape index (κ3) is 4.56. The van der Waals surface area contributed by atoms with E-state index in [-0.39, 0.29) is 10.9 Å². The zero-order valence-corrected chi connectivity index (χ0v) is 14.1. The first-order chi connectivity index (χ1) is 11.6. The van der Waals surface area contributed by atoms with Gasteiger partial charge in [-0.2, -0.15) is 0 Å². The number of hydrogen-bond acceptors (Lipinski definition) is 2. The molecule has 1 fully saturated rings. The molecule has 1 atom stereocenters. The van der Waals surface area contributed by atoms with Crippen LogP contribution in [0.2, 0.25) is 5.02 Å². The smallest absolute Gasteiger partial charge is 0.224 e. The molecule has 3 nitrogen and oxygen atoms in total. The molecular weight excluding hydrogens is 327 g/mol. The van der Waals surface area contributed by atoms with Gasteiger partial charge < -0.3 is 5.32 Å². The van der Waals surface area contributed by atoms with Crippen molar-refractivity contribution >= 4 is 23.2 Å². The van der Waals surface area contributed by atoms with E-state index in [1.807, 2.05) is 18.2 Å². The van der Waals surface area contributed by atoms with Crippen LogP contribution in [0.25, 0.3) is 0 Å². The number of benzene rings is 2. The van der Waals surface area contributed by atoms with Gasteiger partial charge >= 0.3 is 0 Å². The monoisotopic (exact) mass is 346 g/mol. The average Bonchev–Trinajstić information content (AvgIpc) is 2.99. The highest BCUT2D eigenvalue weighted by molar-refractivity contribution is 6.31. The molecule has 1 aliphatic rings. The van der Waals surface area contributed by atoms with E-state index in [1.165, 1.54) is 23.8 Å². The van der Waals surface area contributed by atoms with E-state index in [0.717, 1.165) is 26.1 Å². The Kier molecular flexibility index (Phi) is 5.48. The van der Waals surface area contributed by atoms with Crippen molar-refractivity contribution in [3.63, 3.8) is 0 Å². The van der Waals surface area contributed by atoms with E-state index in [0.29, 0.717) is 18.0 Å². The van der Waals surface area contributed by atoms with Gasteiger partial charge in [-0.05, 0) is 42.6 Å². The maximum absolute atomic E-state index is 13.1.